The van der Waals surface area contributed by atoms with Gasteiger partial charge in [0.05, 0.1) is 5.03 Å². The second-order valence-electron chi connectivity index (χ2n) is 4.87. The molecule has 0 N–H and O–H groups in total. The van der Waals surface area contributed by atoms with E-state index in [0.29, 0.717) is 12.3 Å². The molecule has 96 valence electrons. The van der Waals surface area contributed by atoms with Crippen molar-refractivity contribution in [3.05, 3.63) is 41.4 Å². The molecule has 1 heterocycles. The van der Waals surface area contributed by atoms with Gasteiger partial charge in [0.1, 0.15) is 0 Å². The van der Waals surface area contributed by atoms with E-state index < -0.39 is 0 Å². The van der Waals surface area contributed by atoms with Gasteiger partial charge >= 0.3 is 0 Å². The molecule has 0 aromatic heterocycles. The van der Waals surface area contributed by atoms with Crippen LogP contribution in [0, 0.1) is 5.92 Å². The quantitative estimate of drug-likeness (QED) is 0.827. The number of ketones is 1. The van der Waals surface area contributed by atoms with Crippen molar-refractivity contribution in [2.75, 3.05) is 11.2 Å². The summed E-state index contributed by atoms with van der Waals surface area (Å²) in [6, 6.07) is 10.6. The van der Waals surface area contributed by atoms with E-state index in [0.717, 1.165) is 5.03 Å². The van der Waals surface area contributed by atoms with Crippen LogP contribution < -0.4 is 4.90 Å². The molecule has 0 bridgehead atoms. The molecule has 2 rings (SSSR count). The molecule has 0 unspecified atom stereocenters. The topological polar surface area (TPSA) is 20.3 Å². The minimum atomic E-state index is 0.241. The Morgan fingerprint density at radius 3 is 2.50 bits per heavy atom. The summed E-state index contributed by atoms with van der Waals surface area (Å²) in [6.07, 6.45) is 4.41. The summed E-state index contributed by atoms with van der Waals surface area (Å²) >= 11 is 1.64. The van der Waals surface area contributed by atoms with Gasteiger partial charge in [-0.15, -0.1) is 11.8 Å². The smallest absolute Gasteiger partial charge is 0.160 e. The van der Waals surface area contributed by atoms with Crippen molar-refractivity contribution in [3.63, 3.8) is 0 Å². The Morgan fingerprint density at radius 1 is 1.28 bits per heavy atom. The average Bonchev–Trinajstić information content (AvgIpc) is 2.38. The minimum absolute atomic E-state index is 0.241. The predicted molar refractivity (Wildman–Crippen MR) is 78.8 cm³/mol. The van der Waals surface area contributed by atoms with Crippen LogP contribution in [0.1, 0.15) is 20.3 Å². The molecule has 1 atom stereocenters. The van der Waals surface area contributed by atoms with Gasteiger partial charge in [-0.3, -0.25) is 4.79 Å². The van der Waals surface area contributed by atoms with Crippen molar-refractivity contribution in [1.82, 2.24) is 0 Å². The van der Waals surface area contributed by atoms with Gasteiger partial charge in [-0.05, 0) is 24.3 Å². The molecular formula is C15H19NOS. The molecule has 3 heteroatoms. The normalized spacial score (nSPS) is 20.2. The largest absolute Gasteiger partial charge is 0.332 e. The molecule has 0 radical (unpaired) electrons. The molecule has 0 amide bonds. The Balaban J connectivity index is 2.43. The zero-order valence-corrected chi connectivity index (χ0v) is 11.9. The highest BCUT2D eigenvalue weighted by Crippen LogP contribution is 2.34. The first-order chi connectivity index (χ1) is 8.63. The fourth-order valence-corrected chi connectivity index (χ4v) is 3.01. The van der Waals surface area contributed by atoms with Gasteiger partial charge in [-0.1, -0.05) is 32.0 Å². The molecular weight excluding hydrogens is 242 g/mol. The third kappa shape index (κ3) is 2.61. The lowest BCUT2D eigenvalue weighted by atomic mass is 9.94. The maximum Gasteiger partial charge on any atom is 0.160 e. The number of hydrogen-bond donors (Lipinski definition) is 0. The van der Waals surface area contributed by atoms with Crippen LogP contribution in [0.25, 0.3) is 0 Å². The van der Waals surface area contributed by atoms with Crippen LogP contribution in [-0.2, 0) is 4.79 Å². The summed E-state index contributed by atoms with van der Waals surface area (Å²) in [5.74, 6) is 0.690. The van der Waals surface area contributed by atoms with Gasteiger partial charge in [0.2, 0.25) is 0 Å². The van der Waals surface area contributed by atoms with E-state index in [-0.39, 0.29) is 11.8 Å². The highest BCUT2D eigenvalue weighted by atomic mass is 32.2. The Labute approximate surface area is 113 Å². The number of thioether (sulfide) groups is 1. The number of carbonyl (C=O) groups excluding carboxylic acids is 1. The number of anilines is 1. The molecule has 0 saturated heterocycles. The van der Waals surface area contributed by atoms with Crippen LogP contribution in [0.15, 0.2) is 41.4 Å². The van der Waals surface area contributed by atoms with E-state index in [1.165, 1.54) is 5.69 Å². The summed E-state index contributed by atoms with van der Waals surface area (Å²) in [7, 11) is 0. The van der Waals surface area contributed by atoms with E-state index in [9.17, 15) is 4.79 Å². The van der Waals surface area contributed by atoms with Gasteiger partial charge in [-0.25, -0.2) is 0 Å². The Hall–Kier alpha value is -1.22. The fraction of sp³-hybridized carbons (Fsp3) is 0.400. The molecule has 18 heavy (non-hydrogen) atoms. The summed E-state index contributed by atoms with van der Waals surface area (Å²) in [6.45, 7) is 4.36. The minimum Gasteiger partial charge on any atom is -0.332 e. The van der Waals surface area contributed by atoms with Crippen LogP contribution >= 0.6 is 11.8 Å². The van der Waals surface area contributed by atoms with Crippen molar-refractivity contribution in [2.45, 2.75) is 26.3 Å². The summed E-state index contributed by atoms with van der Waals surface area (Å²) in [5.41, 5.74) is 1.17. The number of rotatable bonds is 3. The zero-order chi connectivity index (χ0) is 13.1. The van der Waals surface area contributed by atoms with E-state index >= 15 is 0 Å². The average molecular weight is 261 g/mol. The maximum atomic E-state index is 11.8. The van der Waals surface area contributed by atoms with Gasteiger partial charge in [0, 0.05) is 24.2 Å². The molecule has 2 nitrogen and oxygen atoms in total. The van der Waals surface area contributed by atoms with Crippen molar-refractivity contribution >= 4 is 23.2 Å². The van der Waals surface area contributed by atoms with Crippen molar-refractivity contribution in [3.8, 4) is 0 Å². The number of benzene rings is 1. The first kappa shape index (κ1) is 13.2. The summed E-state index contributed by atoms with van der Waals surface area (Å²) in [4.78, 5) is 14.1. The number of hydrogen-bond acceptors (Lipinski definition) is 3. The number of para-hydroxylation sites is 1. The third-order valence-corrected chi connectivity index (χ3v) is 4.01. The molecule has 1 aromatic rings. The molecule has 1 aliphatic heterocycles. The van der Waals surface area contributed by atoms with Crippen LogP contribution in [0.3, 0.4) is 0 Å². The Kier molecular flexibility index (Phi) is 4.12. The summed E-state index contributed by atoms with van der Waals surface area (Å²) in [5, 5.41) is 1.05. The molecule has 1 aliphatic rings. The van der Waals surface area contributed by atoms with Crippen molar-refractivity contribution < 1.29 is 4.79 Å². The lowest BCUT2D eigenvalue weighted by Gasteiger charge is -2.39. The lowest BCUT2D eigenvalue weighted by Crippen LogP contribution is -2.42. The molecule has 1 aromatic carbocycles. The van der Waals surface area contributed by atoms with E-state index in [4.69, 9.17) is 0 Å². The molecule has 0 saturated carbocycles. The van der Waals surface area contributed by atoms with E-state index in [1.807, 2.05) is 24.5 Å². The Bertz CT molecular complexity index is 453. The number of carbonyl (C=O) groups is 1. The predicted octanol–water partition coefficient (Wildman–Crippen LogP) is 3.69. The fourth-order valence-electron chi connectivity index (χ4n) is 2.33. The van der Waals surface area contributed by atoms with Crippen molar-refractivity contribution in [1.29, 1.82) is 0 Å². The summed E-state index contributed by atoms with van der Waals surface area (Å²) < 4.78 is 0. The second kappa shape index (κ2) is 5.61. The number of nitrogens with zero attached hydrogens (tertiary/aromatic N) is 1. The van der Waals surface area contributed by atoms with Gasteiger partial charge in [0.15, 0.2) is 5.78 Å². The molecule has 0 fully saturated rings. The number of allylic oxidation sites excluding steroid dienone is 1. The monoisotopic (exact) mass is 261 g/mol. The third-order valence-electron chi connectivity index (χ3n) is 3.28. The van der Waals surface area contributed by atoms with Crippen LogP contribution in [0.2, 0.25) is 0 Å². The first-order valence-electron chi connectivity index (χ1n) is 6.26. The highest BCUT2D eigenvalue weighted by Gasteiger charge is 2.30. The molecule has 0 aliphatic carbocycles. The van der Waals surface area contributed by atoms with E-state index in [2.05, 4.69) is 30.9 Å². The van der Waals surface area contributed by atoms with Crippen LogP contribution in [0.5, 0.6) is 0 Å². The molecule has 0 spiro atoms. The second-order valence-corrected chi connectivity index (χ2v) is 5.70. The van der Waals surface area contributed by atoms with Crippen LogP contribution in [0.4, 0.5) is 5.69 Å². The highest BCUT2D eigenvalue weighted by molar-refractivity contribution is 8.02. The van der Waals surface area contributed by atoms with Gasteiger partial charge in [0.25, 0.3) is 0 Å². The standard InChI is InChI=1S/C15H19NOS/c1-11(2)14-9-13(17)10-15(18-3)16(14)12-7-5-4-6-8-12/h4-8,10-11,14H,9H2,1-3H3/t14-/m0/s1. The van der Waals surface area contributed by atoms with Crippen molar-refractivity contribution in [2.24, 2.45) is 5.92 Å². The van der Waals surface area contributed by atoms with Gasteiger partial charge < -0.3 is 4.90 Å². The first-order valence-corrected chi connectivity index (χ1v) is 7.48. The maximum absolute atomic E-state index is 11.8. The van der Waals surface area contributed by atoms with E-state index in [1.54, 1.807) is 17.8 Å². The SMILES string of the molecule is CSC1=CC(=O)C[C@@H](C(C)C)N1c1ccccc1. The lowest BCUT2D eigenvalue weighted by molar-refractivity contribution is -0.115. The Morgan fingerprint density at radius 2 is 1.94 bits per heavy atom. The van der Waals surface area contributed by atoms with Gasteiger partial charge in [-0.2, -0.15) is 0 Å². The van der Waals surface area contributed by atoms with Crippen LogP contribution in [-0.4, -0.2) is 18.1 Å². The zero-order valence-electron chi connectivity index (χ0n) is 11.1.